The number of unbranched alkanes of at least 4 members (excludes halogenated alkanes) is 13. The van der Waals surface area contributed by atoms with Crippen LogP contribution in [0.3, 0.4) is 0 Å². The molecule has 0 saturated heterocycles. The van der Waals surface area contributed by atoms with Crippen molar-refractivity contribution in [3.63, 3.8) is 0 Å². The number of benzene rings is 1. The van der Waals surface area contributed by atoms with E-state index in [0.717, 1.165) is 29.5 Å². The Bertz CT molecular complexity index is 518. The van der Waals surface area contributed by atoms with Gasteiger partial charge in [-0.2, -0.15) is 0 Å². The van der Waals surface area contributed by atoms with E-state index in [0.29, 0.717) is 6.54 Å². The van der Waals surface area contributed by atoms with Gasteiger partial charge in [-0.3, -0.25) is 4.79 Å². The van der Waals surface area contributed by atoms with Crippen molar-refractivity contribution in [1.82, 2.24) is 5.32 Å². The Balaban J connectivity index is 1.91. The van der Waals surface area contributed by atoms with Crippen molar-refractivity contribution in [2.24, 2.45) is 0 Å². The Labute approximate surface area is 194 Å². The van der Waals surface area contributed by atoms with E-state index in [-0.39, 0.29) is 5.91 Å². The van der Waals surface area contributed by atoms with Crippen LogP contribution in [0.25, 0.3) is 0 Å². The fourth-order valence-corrected chi connectivity index (χ4v) is 3.94. The largest absolute Gasteiger partial charge is 0.385 e. The highest BCUT2D eigenvalue weighted by Crippen LogP contribution is 2.14. The molecule has 0 radical (unpaired) electrons. The third-order valence-corrected chi connectivity index (χ3v) is 6.16. The van der Waals surface area contributed by atoms with Gasteiger partial charge in [0.15, 0.2) is 0 Å². The monoisotopic (exact) mass is 480 g/mol. The molecule has 0 spiro atoms. The predicted octanol–water partition coefficient (Wildman–Crippen LogP) is 8.09. The average Bonchev–Trinajstić information content (AvgIpc) is 2.77. The van der Waals surface area contributed by atoms with Gasteiger partial charge < -0.3 is 10.6 Å². The van der Waals surface area contributed by atoms with Gasteiger partial charge in [0.1, 0.15) is 0 Å². The summed E-state index contributed by atoms with van der Waals surface area (Å²) >= 11 is 3.37. The van der Waals surface area contributed by atoms with Crippen LogP contribution in [0.5, 0.6) is 0 Å². The molecule has 0 fully saturated rings. The van der Waals surface area contributed by atoms with Crippen molar-refractivity contribution in [1.29, 1.82) is 0 Å². The number of nitrogens with one attached hydrogen (secondary N) is 2. The molecule has 0 aromatic heterocycles. The minimum absolute atomic E-state index is 0.00877. The second kappa shape index (κ2) is 19.9. The van der Waals surface area contributed by atoms with Gasteiger partial charge in [0.2, 0.25) is 0 Å². The maximum atomic E-state index is 12.0. The van der Waals surface area contributed by atoms with Gasteiger partial charge in [-0.1, -0.05) is 106 Å². The van der Waals surface area contributed by atoms with Gasteiger partial charge in [0.25, 0.3) is 5.91 Å². The summed E-state index contributed by atoms with van der Waals surface area (Å²) in [6.45, 7) is 4.00. The number of hydrogen-bond acceptors (Lipinski definition) is 2. The molecule has 172 valence electrons. The summed E-state index contributed by atoms with van der Waals surface area (Å²) in [4.78, 5) is 12.0. The normalized spacial score (nSPS) is 10.9. The summed E-state index contributed by atoms with van der Waals surface area (Å²) < 4.78 is 0. The van der Waals surface area contributed by atoms with Gasteiger partial charge in [0.05, 0.1) is 0 Å². The minimum Gasteiger partial charge on any atom is -0.385 e. The maximum Gasteiger partial charge on any atom is 0.251 e. The van der Waals surface area contributed by atoms with Crippen LogP contribution in [-0.2, 0) is 0 Å². The average molecular weight is 482 g/mol. The van der Waals surface area contributed by atoms with Crippen molar-refractivity contribution >= 4 is 27.5 Å². The molecule has 0 atom stereocenters. The van der Waals surface area contributed by atoms with E-state index in [1.165, 1.54) is 89.9 Å². The molecule has 0 saturated carbocycles. The lowest BCUT2D eigenvalue weighted by Gasteiger charge is -2.08. The van der Waals surface area contributed by atoms with E-state index in [1.54, 1.807) is 0 Å². The third kappa shape index (κ3) is 14.9. The molecule has 0 unspecified atom stereocenters. The number of hydrogen-bond donors (Lipinski definition) is 2. The molecule has 4 heteroatoms. The van der Waals surface area contributed by atoms with Crippen LogP contribution < -0.4 is 10.6 Å². The lowest BCUT2D eigenvalue weighted by molar-refractivity contribution is 0.0954. The lowest BCUT2D eigenvalue weighted by Crippen LogP contribution is -2.24. The number of carbonyl (C=O) groups excluding carboxylic acids is 1. The molecule has 30 heavy (non-hydrogen) atoms. The number of carbonyl (C=O) groups is 1. The zero-order chi connectivity index (χ0) is 21.7. The Kier molecular flexibility index (Phi) is 17.9. The zero-order valence-electron chi connectivity index (χ0n) is 19.3. The van der Waals surface area contributed by atoms with Gasteiger partial charge in [0, 0.05) is 29.7 Å². The summed E-state index contributed by atoms with van der Waals surface area (Å²) in [6.07, 6.45) is 20.4. The van der Waals surface area contributed by atoms with Crippen LogP contribution in [0.4, 0.5) is 5.69 Å². The Hall–Kier alpha value is -1.03. The minimum atomic E-state index is 0.00877. The molecule has 1 aromatic carbocycles. The molecular weight excluding hydrogens is 436 g/mol. The van der Waals surface area contributed by atoms with E-state index in [1.807, 2.05) is 24.3 Å². The topological polar surface area (TPSA) is 41.1 Å². The Morgan fingerprint density at radius 3 is 1.70 bits per heavy atom. The van der Waals surface area contributed by atoms with E-state index >= 15 is 0 Å². The van der Waals surface area contributed by atoms with Crippen molar-refractivity contribution < 1.29 is 4.79 Å². The van der Waals surface area contributed by atoms with E-state index in [2.05, 4.69) is 33.5 Å². The van der Waals surface area contributed by atoms with Crippen LogP contribution in [-0.4, -0.2) is 24.3 Å². The highest BCUT2D eigenvalue weighted by Gasteiger charge is 2.04. The molecule has 3 nitrogen and oxygen atoms in total. The highest BCUT2D eigenvalue weighted by atomic mass is 79.9. The summed E-state index contributed by atoms with van der Waals surface area (Å²) in [7, 11) is 0. The number of alkyl halides is 1. The first-order chi connectivity index (χ1) is 14.8. The molecular formula is C26H45BrN2O. The second-order valence-corrected chi connectivity index (χ2v) is 9.19. The van der Waals surface area contributed by atoms with Crippen LogP contribution >= 0.6 is 15.9 Å². The molecule has 0 bridgehead atoms. The summed E-state index contributed by atoms with van der Waals surface area (Å²) in [6, 6.07) is 7.81. The fourth-order valence-electron chi connectivity index (χ4n) is 3.66. The first kappa shape index (κ1) is 27.0. The van der Waals surface area contributed by atoms with Crippen LogP contribution in [0, 0.1) is 0 Å². The predicted molar refractivity (Wildman–Crippen MR) is 136 cm³/mol. The van der Waals surface area contributed by atoms with Gasteiger partial charge in [-0.15, -0.1) is 0 Å². The first-order valence-electron chi connectivity index (χ1n) is 12.5. The maximum absolute atomic E-state index is 12.0. The number of halogens is 1. The molecule has 0 aliphatic carbocycles. The molecule has 1 amide bonds. The second-order valence-electron chi connectivity index (χ2n) is 8.40. The lowest BCUT2D eigenvalue weighted by atomic mass is 10.0. The Morgan fingerprint density at radius 2 is 1.20 bits per heavy atom. The van der Waals surface area contributed by atoms with Gasteiger partial charge in [-0.25, -0.2) is 0 Å². The van der Waals surface area contributed by atoms with Crippen LogP contribution in [0.2, 0.25) is 0 Å². The fraction of sp³-hybridized carbons (Fsp3) is 0.731. The standard InChI is InChI=1S/C26H45BrN2O/c1-2-3-4-5-6-7-8-9-10-11-12-13-14-15-22-28-25-19-17-24(18-20-25)26(30)29-23-16-21-27/h17-20,28H,2-16,21-23H2,1H3,(H,29,30). The van der Waals surface area contributed by atoms with Crippen molar-refractivity contribution in [3.05, 3.63) is 29.8 Å². The quantitative estimate of drug-likeness (QED) is 0.146. The van der Waals surface area contributed by atoms with Crippen molar-refractivity contribution in [3.8, 4) is 0 Å². The van der Waals surface area contributed by atoms with Gasteiger partial charge >= 0.3 is 0 Å². The number of rotatable bonds is 20. The molecule has 1 rings (SSSR count). The summed E-state index contributed by atoms with van der Waals surface area (Å²) in [5.41, 5.74) is 1.83. The molecule has 0 aliphatic heterocycles. The molecule has 2 N–H and O–H groups in total. The highest BCUT2D eigenvalue weighted by molar-refractivity contribution is 9.09. The summed E-state index contributed by atoms with van der Waals surface area (Å²) in [5.74, 6) is 0.00877. The zero-order valence-corrected chi connectivity index (χ0v) is 20.9. The van der Waals surface area contributed by atoms with Crippen LogP contribution in [0.1, 0.15) is 114 Å². The van der Waals surface area contributed by atoms with Gasteiger partial charge in [-0.05, 0) is 37.1 Å². The van der Waals surface area contributed by atoms with E-state index in [4.69, 9.17) is 0 Å². The SMILES string of the molecule is CCCCCCCCCCCCCCCCNc1ccc(C(=O)NCCCBr)cc1. The number of anilines is 1. The first-order valence-corrected chi connectivity index (χ1v) is 13.6. The van der Waals surface area contributed by atoms with Crippen LogP contribution in [0.15, 0.2) is 24.3 Å². The van der Waals surface area contributed by atoms with E-state index in [9.17, 15) is 4.79 Å². The van der Waals surface area contributed by atoms with Crippen molar-refractivity contribution in [2.75, 3.05) is 23.7 Å². The summed E-state index contributed by atoms with van der Waals surface area (Å²) in [5, 5.41) is 7.31. The van der Waals surface area contributed by atoms with E-state index < -0.39 is 0 Å². The third-order valence-electron chi connectivity index (χ3n) is 5.60. The smallest absolute Gasteiger partial charge is 0.251 e. The molecule has 1 aromatic rings. The molecule has 0 heterocycles. The van der Waals surface area contributed by atoms with Crippen molar-refractivity contribution in [2.45, 2.75) is 103 Å². The molecule has 0 aliphatic rings. The Morgan fingerprint density at radius 1 is 0.700 bits per heavy atom. The number of amides is 1.